The molecule has 0 spiro atoms. The van der Waals surface area contributed by atoms with Gasteiger partial charge in [-0.1, -0.05) is 6.92 Å². The lowest BCUT2D eigenvalue weighted by Gasteiger charge is -2.35. The number of carbonyl (C=O) groups is 1. The average Bonchev–Trinajstić information content (AvgIpc) is 2.47. The molecule has 1 aliphatic rings. The number of nitrogens with zero attached hydrogens (tertiary/aromatic N) is 2. The second-order valence-corrected chi connectivity index (χ2v) is 5.78. The van der Waals surface area contributed by atoms with Crippen LogP contribution in [0.1, 0.15) is 32.6 Å². The molecule has 1 aromatic rings. The molecule has 114 valence electrons. The minimum Gasteiger partial charge on any atom is -0.481 e. The summed E-state index contributed by atoms with van der Waals surface area (Å²) in [6.07, 6.45) is 4.26. The summed E-state index contributed by atoms with van der Waals surface area (Å²) in [6, 6.07) is 2.85. The van der Waals surface area contributed by atoms with Gasteiger partial charge < -0.3 is 10.4 Å². The number of hydrogen-bond acceptors (Lipinski definition) is 5. The Morgan fingerprint density at radius 2 is 2.19 bits per heavy atom. The fourth-order valence-corrected chi connectivity index (χ4v) is 2.64. The average molecular weight is 293 g/mol. The molecule has 1 aromatic heterocycles. The molecule has 0 aromatic carbocycles. The molecule has 0 bridgehead atoms. The van der Waals surface area contributed by atoms with Crippen molar-refractivity contribution < 1.29 is 14.8 Å². The van der Waals surface area contributed by atoms with E-state index in [1.807, 2.05) is 0 Å². The van der Waals surface area contributed by atoms with Crippen molar-refractivity contribution >= 4 is 17.5 Å². The summed E-state index contributed by atoms with van der Waals surface area (Å²) < 4.78 is 0. The van der Waals surface area contributed by atoms with Crippen molar-refractivity contribution in [3.63, 3.8) is 0 Å². The Hall–Kier alpha value is -2.18. The Labute approximate surface area is 122 Å². The molecule has 0 unspecified atom stereocenters. The second kappa shape index (κ2) is 6.07. The molecule has 2 rings (SSSR count). The molecule has 0 aliphatic heterocycles. The summed E-state index contributed by atoms with van der Waals surface area (Å²) in [5.74, 6) is 0.235. The van der Waals surface area contributed by atoms with Gasteiger partial charge in [0.1, 0.15) is 12.0 Å². The summed E-state index contributed by atoms with van der Waals surface area (Å²) in [4.78, 5) is 25.6. The highest BCUT2D eigenvalue weighted by Crippen LogP contribution is 2.39. The Balaban J connectivity index is 2.02. The zero-order chi connectivity index (χ0) is 15.5. The van der Waals surface area contributed by atoms with E-state index < -0.39 is 16.3 Å². The molecule has 2 N–H and O–H groups in total. The minimum atomic E-state index is -0.788. The van der Waals surface area contributed by atoms with Crippen molar-refractivity contribution in [3.8, 4) is 0 Å². The van der Waals surface area contributed by atoms with Gasteiger partial charge in [0.25, 0.3) is 5.69 Å². The number of rotatable bonds is 5. The van der Waals surface area contributed by atoms with Gasteiger partial charge in [0.05, 0.1) is 10.3 Å². The van der Waals surface area contributed by atoms with Crippen molar-refractivity contribution in [1.82, 2.24) is 4.98 Å². The first-order chi connectivity index (χ1) is 9.93. The van der Waals surface area contributed by atoms with Crippen LogP contribution in [0, 0.1) is 21.4 Å². The Morgan fingerprint density at radius 1 is 1.52 bits per heavy atom. The Kier molecular flexibility index (Phi) is 4.40. The second-order valence-electron chi connectivity index (χ2n) is 5.78. The molecule has 0 saturated heterocycles. The maximum absolute atomic E-state index is 11.6. The molecule has 0 atom stereocenters. The lowest BCUT2D eigenvalue weighted by molar-refractivity contribution is -0.385. The lowest BCUT2D eigenvalue weighted by Crippen LogP contribution is -2.41. The van der Waals surface area contributed by atoms with E-state index in [-0.39, 0.29) is 5.69 Å². The molecule has 1 aliphatic carbocycles. The fourth-order valence-electron chi connectivity index (χ4n) is 2.64. The van der Waals surface area contributed by atoms with Gasteiger partial charge in [-0.3, -0.25) is 14.9 Å². The molecule has 21 heavy (non-hydrogen) atoms. The van der Waals surface area contributed by atoms with Crippen molar-refractivity contribution in [3.05, 3.63) is 28.4 Å². The molecule has 1 fully saturated rings. The number of nitrogens with one attached hydrogen (secondary N) is 1. The van der Waals surface area contributed by atoms with Crippen molar-refractivity contribution in [2.75, 3.05) is 11.9 Å². The van der Waals surface area contributed by atoms with Crippen LogP contribution in [-0.4, -0.2) is 27.5 Å². The Bertz CT molecular complexity index is 522. The number of hydrogen-bond donors (Lipinski definition) is 2. The monoisotopic (exact) mass is 293 g/mol. The molecule has 1 heterocycles. The smallest absolute Gasteiger partial charge is 0.311 e. The van der Waals surface area contributed by atoms with Gasteiger partial charge in [-0.15, -0.1) is 0 Å². The largest absolute Gasteiger partial charge is 0.481 e. The summed E-state index contributed by atoms with van der Waals surface area (Å²) >= 11 is 0. The number of aliphatic carboxylic acids is 1. The predicted octanol–water partition coefficient (Wildman–Crippen LogP) is 2.68. The normalized spacial score (nSPS) is 25.3. The van der Waals surface area contributed by atoms with Crippen LogP contribution >= 0.6 is 0 Å². The fraction of sp³-hybridized carbons (Fsp3) is 0.571. The zero-order valence-corrected chi connectivity index (χ0v) is 11.9. The first-order valence-corrected chi connectivity index (χ1v) is 7.01. The van der Waals surface area contributed by atoms with Crippen LogP contribution in [-0.2, 0) is 4.79 Å². The number of carboxylic acid groups (broad SMARTS) is 1. The standard InChI is InChI=1S/C14H19N3O4/c1-10-4-6-14(7-5-10,13(18)19)9-16-12-3-2-11(8-15-12)17(20)21/h2-3,8,10H,4-7,9H2,1H3,(H,15,16)(H,18,19). The third-order valence-electron chi connectivity index (χ3n) is 4.25. The molecule has 1 saturated carbocycles. The van der Waals surface area contributed by atoms with Gasteiger partial charge >= 0.3 is 5.97 Å². The van der Waals surface area contributed by atoms with Crippen LogP contribution in [0.4, 0.5) is 11.5 Å². The third kappa shape index (κ3) is 3.48. The highest BCUT2D eigenvalue weighted by Gasteiger charge is 2.41. The summed E-state index contributed by atoms with van der Waals surface area (Å²) in [5, 5.41) is 23.1. The maximum Gasteiger partial charge on any atom is 0.311 e. The number of anilines is 1. The first kappa shape index (κ1) is 15.2. The number of carboxylic acids is 1. The van der Waals surface area contributed by atoms with Crippen molar-refractivity contribution in [2.45, 2.75) is 32.6 Å². The molecule has 0 radical (unpaired) electrons. The first-order valence-electron chi connectivity index (χ1n) is 7.01. The van der Waals surface area contributed by atoms with Crippen LogP contribution in [0.5, 0.6) is 0 Å². The van der Waals surface area contributed by atoms with Crippen LogP contribution < -0.4 is 5.32 Å². The molecule has 7 heteroatoms. The van der Waals surface area contributed by atoms with E-state index in [9.17, 15) is 20.0 Å². The van der Waals surface area contributed by atoms with E-state index in [1.54, 1.807) is 0 Å². The summed E-state index contributed by atoms with van der Waals surface area (Å²) in [5.41, 5.74) is -0.851. The van der Waals surface area contributed by atoms with E-state index in [1.165, 1.54) is 18.3 Å². The van der Waals surface area contributed by atoms with E-state index in [0.717, 1.165) is 12.8 Å². The third-order valence-corrected chi connectivity index (χ3v) is 4.25. The maximum atomic E-state index is 11.6. The van der Waals surface area contributed by atoms with Crippen molar-refractivity contribution in [2.24, 2.45) is 11.3 Å². The number of aromatic nitrogens is 1. The highest BCUT2D eigenvalue weighted by atomic mass is 16.6. The van der Waals surface area contributed by atoms with E-state index in [0.29, 0.717) is 31.1 Å². The van der Waals surface area contributed by atoms with Crippen LogP contribution in [0.15, 0.2) is 18.3 Å². The van der Waals surface area contributed by atoms with E-state index in [4.69, 9.17) is 0 Å². The molecular weight excluding hydrogens is 274 g/mol. The SMILES string of the molecule is CC1CCC(CNc2ccc([N+](=O)[O-])cn2)(C(=O)O)CC1. The molecule has 7 nitrogen and oxygen atoms in total. The molecule has 0 amide bonds. The summed E-state index contributed by atoms with van der Waals surface area (Å²) in [6.45, 7) is 2.43. The predicted molar refractivity (Wildman–Crippen MR) is 77.1 cm³/mol. The van der Waals surface area contributed by atoms with Crippen molar-refractivity contribution in [1.29, 1.82) is 0 Å². The van der Waals surface area contributed by atoms with Gasteiger partial charge in [0.15, 0.2) is 0 Å². The van der Waals surface area contributed by atoms with Gasteiger partial charge in [0, 0.05) is 12.6 Å². The minimum absolute atomic E-state index is 0.0833. The van der Waals surface area contributed by atoms with Crippen LogP contribution in [0.25, 0.3) is 0 Å². The quantitative estimate of drug-likeness (QED) is 0.638. The molecular formula is C14H19N3O4. The highest BCUT2D eigenvalue weighted by molar-refractivity contribution is 5.75. The van der Waals surface area contributed by atoms with Gasteiger partial charge in [-0.05, 0) is 37.7 Å². The van der Waals surface area contributed by atoms with Gasteiger partial charge in [-0.25, -0.2) is 4.98 Å². The topological polar surface area (TPSA) is 105 Å². The van der Waals surface area contributed by atoms with Crippen LogP contribution in [0.3, 0.4) is 0 Å². The van der Waals surface area contributed by atoms with Gasteiger partial charge in [-0.2, -0.15) is 0 Å². The number of pyridine rings is 1. The lowest BCUT2D eigenvalue weighted by atomic mass is 9.71. The van der Waals surface area contributed by atoms with E-state index >= 15 is 0 Å². The van der Waals surface area contributed by atoms with Gasteiger partial charge in [0.2, 0.25) is 0 Å². The zero-order valence-electron chi connectivity index (χ0n) is 11.9. The summed E-state index contributed by atoms with van der Waals surface area (Å²) in [7, 11) is 0. The van der Waals surface area contributed by atoms with Crippen LogP contribution in [0.2, 0.25) is 0 Å². The van der Waals surface area contributed by atoms with E-state index in [2.05, 4.69) is 17.2 Å². The number of nitro groups is 1. The Morgan fingerprint density at radius 3 is 2.67 bits per heavy atom.